The SMILES string of the molecule is CN1C(=O)Cc2cc(C(=O)c3cccc(Cl)c3F)ccc21. The first-order valence-corrected chi connectivity index (χ1v) is 6.75. The normalized spacial score (nSPS) is 13.5. The smallest absolute Gasteiger partial charge is 0.231 e. The number of halogens is 2. The van der Waals surface area contributed by atoms with Crippen molar-refractivity contribution in [1.29, 1.82) is 0 Å². The minimum Gasteiger partial charge on any atom is -0.315 e. The second kappa shape index (κ2) is 4.97. The summed E-state index contributed by atoms with van der Waals surface area (Å²) in [5.74, 6) is -1.19. The molecule has 1 heterocycles. The largest absolute Gasteiger partial charge is 0.315 e. The van der Waals surface area contributed by atoms with Crippen LogP contribution in [-0.2, 0) is 11.2 Å². The Morgan fingerprint density at radius 3 is 2.81 bits per heavy atom. The summed E-state index contributed by atoms with van der Waals surface area (Å²) in [6.07, 6.45) is 0.255. The molecule has 1 aliphatic heterocycles. The van der Waals surface area contributed by atoms with Gasteiger partial charge in [-0.25, -0.2) is 4.39 Å². The van der Waals surface area contributed by atoms with Crippen molar-refractivity contribution < 1.29 is 14.0 Å². The number of rotatable bonds is 2. The molecule has 0 spiro atoms. The first-order valence-electron chi connectivity index (χ1n) is 6.37. The fourth-order valence-corrected chi connectivity index (χ4v) is 2.62. The van der Waals surface area contributed by atoms with Gasteiger partial charge < -0.3 is 4.90 Å². The van der Waals surface area contributed by atoms with Crippen LogP contribution in [0.15, 0.2) is 36.4 Å². The molecule has 0 saturated carbocycles. The van der Waals surface area contributed by atoms with E-state index in [9.17, 15) is 14.0 Å². The fourth-order valence-electron chi connectivity index (χ4n) is 2.45. The number of ketones is 1. The van der Waals surface area contributed by atoms with E-state index in [1.54, 1.807) is 30.1 Å². The zero-order valence-corrected chi connectivity index (χ0v) is 11.9. The number of carbonyl (C=O) groups is 2. The molecular weight excluding hydrogens is 293 g/mol. The van der Waals surface area contributed by atoms with Gasteiger partial charge in [-0.15, -0.1) is 0 Å². The zero-order chi connectivity index (χ0) is 15.1. The molecule has 106 valence electrons. The Balaban J connectivity index is 2.02. The molecule has 3 rings (SSSR count). The standard InChI is InChI=1S/C16H11ClFNO2/c1-19-13-6-5-9(7-10(13)8-14(19)20)16(21)11-3-2-4-12(17)15(11)18/h2-7H,8H2,1H3. The van der Waals surface area contributed by atoms with Crippen LogP contribution in [0.3, 0.4) is 0 Å². The van der Waals surface area contributed by atoms with Gasteiger partial charge in [-0.3, -0.25) is 9.59 Å². The van der Waals surface area contributed by atoms with Crippen molar-refractivity contribution in [3.8, 4) is 0 Å². The van der Waals surface area contributed by atoms with Gasteiger partial charge in [0.1, 0.15) is 0 Å². The summed E-state index contributed by atoms with van der Waals surface area (Å²) >= 11 is 5.70. The maximum absolute atomic E-state index is 13.9. The summed E-state index contributed by atoms with van der Waals surface area (Å²) in [5.41, 5.74) is 1.83. The molecule has 5 heteroatoms. The second-order valence-corrected chi connectivity index (χ2v) is 5.31. The van der Waals surface area contributed by atoms with Crippen molar-refractivity contribution in [3.63, 3.8) is 0 Å². The first kappa shape index (κ1) is 13.8. The fraction of sp³-hybridized carbons (Fsp3) is 0.125. The number of fused-ring (bicyclic) bond motifs is 1. The third-order valence-corrected chi connectivity index (χ3v) is 3.91. The first-order chi connectivity index (χ1) is 9.99. The molecule has 3 nitrogen and oxygen atoms in total. The Kier molecular flexibility index (Phi) is 3.26. The molecule has 2 aromatic carbocycles. The second-order valence-electron chi connectivity index (χ2n) is 4.90. The van der Waals surface area contributed by atoms with E-state index in [0.29, 0.717) is 5.56 Å². The highest BCUT2D eigenvalue weighted by molar-refractivity contribution is 6.31. The van der Waals surface area contributed by atoms with Gasteiger partial charge in [0.25, 0.3) is 0 Å². The predicted molar refractivity (Wildman–Crippen MR) is 78.4 cm³/mol. The Bertz CT molecular complexity index is 773. The van der Waals surface area contributed by atoms with E-state index < -0.39 is 11.6 Å². The van der Waals surface area contributed by atoms with E-state index in [1.807, 2.05) is 0 Å². The van der Waals surface area contributed by atoms with E-state index >= 15 is 0 Å². The van der Waals surface area contributed by atoms with Gasteiger partial charge in [0.2, 0.25) is 5.91 Å². The molecule has 0 aliphatic carbocycles. The molecular formula is C16H11ClFNO2. The minimum atomic E-state index is -0.724. The summed E-state index contributed by atoms with van der Waals surface area (Å²) in [7, 11) is 1.69. The number of nitrogens with zero attached hydrogens (tertiary/aromatic N) is 1. The van der Waals surface area contributed by atoms with Crippen LogP contribution in [0.5, 0.6) is 0 Å². The van der Waals surface area contributed by atoms with Gasteiger partial charge in [-0.2, -0.15) is 0 Å². The van der Waals surface area contributed by atoms with Crippen LogP contribution >= 0.6 is 11.6 Å². The molecule has 0 saturated heterocycles. The maximum atomic E-state index is 13.9. The van der Waals surface area contributed by atoms with E-state index in [2.05, 4.69) is 0 Å². The lowest BCUT2D eigenvalue weighted by Gasteiger charge is -2.10. The summed E-state index contributed by atoms with van der Waals surface area (Å²) in [6, 6.07) is 9.26. The predicted octanol–water partition coefficient (Wildman–Crippen LogP) is 3.23. The van der Waals surface area contributed by atoms with Crippen LogP contribution in [-0.4, -0.2) is 18.7 Å². The van der Waals surface area contributed by atoms with Crippen molar-refractivity contribution in [3.05, 3.63) is 63.9 Å². The van der Waals surface area contributed by atoms with Crippen molar-refractivity contribution >= 4 is 29.0 Å². The van der Waals surface area contributed by atoms with Gasteiger partial charge in [0.15, 0.2) is 11.6 Å². The molecule has 1 aliphatic rings. The highest BCUT2D eigenvalue weighted by atomic mass is 35.5. The van der Waals surface area contributed by atoms with Crippen molar-refractivity contribution in [2.24, 2.45) is 0 Å². The van der Waals surface area contributed by atoms with Crippen molar-refractivity contribution in [1.82, 2.24) is 0 Å². The van der Waals surface area contributed by atoms with E-state index in [0.717, 1.165) is 11.3 Å². The third-order valence-electron chi connectivity index (χ3n) is 3.62. The Morgan fingerprint density at radius 1 is 1.29 bits per heavy atom. The number of hydrogen-bond acceptors (Lipinski definition) is 2. The highest BCUT2D eigenvalue weighted by Gasteiger charge is 2.25. The highest BCUT2D eigenvalue weighted by Crippen LogP contribution is 2.29. The van der Waals surface area contributed by atoms with Gasteiger partial charge in [0.05, 0.1) is 17.0 Å². The lowest BCUT2D eigenvalue weighted by Crippen LogP contribution is -2.20. The average Bonchev–Trinajstić information content (AvgIpc) is 2.76. The molecule has 0 unspecified atom stereocenters. The number of likely N-dealkylation sites (N-methyl/N-ethyl adjacent to an activating group) is 1. The summed E-state index contributed by atoms with van der Waals surface area (Å²) in [5, 5.41) is -0.0862. The van der Waals surface area contributed by atoms with Gasteiger partial charge in [-0.05, 0) is 35.9 Å². The van der Waals surface area contributed by atoms with Gasteiger partial charge >= 0.3 is 0 Å². The number of amides is 1. The molecule has 0 fully saturated rings. The number of benzene rings is 2. The molecule has 2 aromatic rings. The topological polar surface area (TPSA) is 37.4 Å². The van der Waals surface area contributed by atoms with Crippen LogP contribution in [0.1, 0.15) is 21.5 Å². The van der Waals surface area contributed by atoms with Crippen LogP contribution in [0.25, 0.3) is 0 Å². The van der Waals surface area contributed by atoms with Crippen LogP contribution in [0.4, 0.5) is 10.1 Å². The quantitative estimate of drug-likeness (QED) is 0.799. The summed E-state index contributed by atoms with van der Waals surface area (Å²) in [6.45, 7) is 0. The molecule has 0 radical (unpaired) electrons. The van der Waals surface area contributed by atoms with Crippen LogP contribution < -0.4 is 4.90 Å². The van der Waals surface area contributed by atoms with Crippen LogP contribution in [0.2, 0.25) is 5.02 Å². The average molecular weight is 304 g/mol. The molecule has 21 heavy (non-hydrogen) atoms. The number of anilines is 1. The summed E-state index contributed by atoms with van der Waals surface area (Å²) < 4.78 is 13.9. The van der Waals surface area contributed by atoms with Gasteiger partial charge in [-0.1, -0.05) is 17.7 Å². The summed E-state index contributed by atoms with van der Waals surface area (Å²) in [4.78, 5) is 25.6. The van der Waals surface area contributed by atoms with Gasteiger partial charge in [0, 0.05) is 18.3 Å². The van der Waals surface area contributed by atoms with E-state index in [-0.39, 0.29) is 22.9 Å². The van der Waals surface area contributed by atoms with Crippen molar-refractivity contribution in [2.75, 3.05) is 11.9 Å². The monoisotopic (exact) mass is 303 g/mol. The lowest BCUT2D eigenvalue weighted by molar-refractivity contribution is -0.117. The maximum Gasteiger partial charge on any atom is 0.231 e. The number of carbonyl (C=O) groups excluding carboxylic acids is 2. The van der Waals surface area contributed by atoms with Crippen molar-refractivity contribution in [2.45, 2.75) is 6.42 Å². The molecule has 0 atom stereocenters. The minimum absolute atomic E-state index is 0.0245. The zero-order valence-electron chi connectivity index (χ0n) is 11.2. The number of hydrogen-bond donors (Lipinski definition) is 0. The third kappa shape index (κ3) is 2.21. The lowest BCUT2D eigenvalue weighted by atomic mass is 10.00. The van der Waals surface area contributed by atoms with E-state index in [1.165, 1.54) is 18.2 Å². The molecule has 0 N–H and O–H groups in total. The molecule has 0 bridgehead atoms. The Morgan fingerprint density at radius 2 is 2.05 bits per heavy atom. The van der Waals surface area contributed by atoms with E-state index in [4.69, 9.17) is 11.6 Å². The Labute approximate surface area is 125 Å². The molecule has 0 aromatic heterocycles. The molecule has 1 amide bonds. The van der Waals surface area contributed by atoms with Crippen LogP contribution in [0, 0.1) is 5.82 Å². The Hall–Kier alpha value is -2.20.